The van der Waals surface area contributed by atoms with Gasteiger partial charge in [-0.15, -0.1) is 0 Å². The van der Waals surface area contributed by atoms with E-state index < -0.39 is 5.91 Å². The minimum atomic E-state index is -0.655. The van der Waals surface area contributed by atoms with E-state index in [1.54, 1.807) is 18.2 Å². The Balaban J connectivity index is 2.35. The molecule has 0 fully saturated rings. The molecule has 2 aromatic carbocycles. The summed E-state index contributed by atoms with van der Waals surface area (Å²) in [6.07, 6.45) is 0. The van der Waals surface area contributed by atoms with Crippen LogP contribution in [0, 0.1) is 0 Å². The van der Waals surface area contributed by atoms with Crippen LogP contribution in [0.3, 0.4) is 0 Å². The number of benzene rings is 2. The van der Waals surface area contributed by atoms with Crippen molar-refractivity contribution >= 4 is 11.6 Å². The first-order chi connectivity index (χ1) is 10.1. The Morgan fingerprint density at radius 2 is 1.71 bits per heavy atom. The molecule has 2 aromatic rings. The van der Waals surface area contributed by atoms with E-state index in [1.165, 1.54) is 32.4 Å². The highest BCUT2D eigenvalue weighted by molar-refractivity contribution is 6.08. The maximum Gasteiger partial charge on any atom is 0.263 e. The van der Waals surface area contributed by atoms with E-state index >= 15 is 0 Å². The number of hydrogen-bond donors (Lipinski definition) is 3. The van der Waals surface area contributed by atoms with Crippen LogP contribution in [0.4, 0.5) is 5.69 Å². The topological polar surface area (TPSA) is 88.0 Å². The number of phenols is 2. The second-order valence-corrected chi connectivity index (χ2v) is 4.19. The summed E-state index contributed by atoms with van der Waals surface area (Å²) in [6.45, 7) is 0. The Morgan fingerprint density at radius 3 is 2.29 bits per heavy atom. The minimum absolute atomic E-state index is 0.206. The van der Waals surface area contributed by atoms with Crippen molar-refractivity contribution in [3.63, 3.8) is 0 Å². The average molecular weight is 289 g/mol. The maximum absolute atomic E-state index is 12.2. The van der Waals surface area contributed by atoms with Crippen molar-refractivity contribution in [3.05, 3.63) is 42.0 Å². The van der Waals surface area contributed by atoms with Crippen LogP contribution in [0.25, 0.3) is 0 Å². The fraction of sp³-hybridized carbons (Fsp3) is 0.133. The third-order valence-electron chi connectivity index (χ3n) is 2.90. The van der Waals surface area contributed by atoms with Gasteiger partial charge >= 0.3 is 0 Å². The molecule has 0 bridgehead atoms. The van der Waals surface area contributed by atoms with Crippen molar-refractivity contribution in [1.82, 2.24) is 0 Å². The first-order valence-electron chi connectivity index (χ1n) is 6.11. The van der Waals surface area contributed by atoms with Crippen LogP contribution >= 0.6 is 0 Å². The molecule has 0 aliphatic rings. The molecular formula is C15H15NO5. The summed E-state index contributed by atoms with van der Waals surface area (Å²) in [7, 11) is 2.97. The second-order valence-electron chi connectivity index (χ2n) is 4.19. The molecule has 6 heteroatoms. The predicted molar refractivity (Wildman–Crippen MR) is 77.3 cm³/mol. The molecule has 21 heavy (non-hydrogen) atoms. The van der Waals surface area contributed by atoms with Crippen molar-refractivity contribution in [3.8, 4) is 23.0 Å². The van der Waals surface area contributed by atoms with Crippen molar-refractivity contribution < 1.29 is 24.5 Å². The highest BCUT2D eigenvalue weighted by Gasteiger charge is 2.18. The molecule has 0 unspecified atom stereocenters. The van der Waals surface area contributed by atoms with E-state index in [-0.39, 0.29) is 17.1 Å². The molecule has 0 radical (unpaired) electrons. The van der Waals surface area contributed by atoms with Crippen LogP contribution in [0.15, 0.2) is 36.4 Å². The molecule has 0 aliphatic heterocycles. The van der Waals surface area contributed by atoms with Gasteiger partial charge < -0.3 is 25.0 Å². The van der Waals surface area contributed by atoms with Gasteiger partial charge in [-0.25, -0.2) is 0 Å². The summed E-state index contributed by atoms with van der Waals surface area (Å²) >= 11 is 0. The van der Waals surface area contributed by atoms with Gasteiger partial charge in [-0.2, -0.15) is 0 Å². The van der Waals surface area contributed by atoms with Gasteiger partial charge in [-0.3, -0.25) is 4.79 Å². The van der Waals surface area contributed by atoms with Gasteiger partial charge in [0.15, 0.2) is 0 Å². The van der Waals surface area contributed by atoms with Crippen LogP contribution in [0.1, 0.15) is 10.4 Å². The third-order valence-corrected chi connectivity index (χ3v) is 2.90. The molecule has 2 rings (SSSR count). The summed E-state index contributed by atoms with van der Waals surface area (Å²) < 4.78 is 10.2. The monoisotopic (exact) mass is 289 g/mol. The van der Waals surface area contributed by atoms with Gasteiger partial charge in [0, 0.05) is 6.07 Å². The molecule has 0 saturated carbocycles. The number of amides is 1. The SMILES string of the molecule is COc1ccc(OC)c(NC(=O)c2c(O)cccc2O)c1. The van der Waals surface area contributed by atoms with Crippen LogP contribution in [-0.4, -0.2) is 30.3 Å². The Hall–Kier alpha value is -2.89. The molecule has 0 heterocycles. The van der Waals surface area contributed by atoms with Crippen LogP contribution in [0.5, 0.6) is 23.0 Å². The number of aromatic hydroxyl groups is 2. The summed E-state index contributed by atoms with van der Waals surface area (Å²) in [4.78, 5) is 12.2. The molecule has 0 atom stereocenters. The lowest BCUT2D eigenvalue weighted by Gasteiger charge is -2.12. The zero-order valence-electron chi connectivity index (χ0n) is 11.6. The fourth-order valence-electron chi connectivity index (χ4n) is 1.86. The summed E-state index contributed by atoms with van der Waals surface area (Å²) in [5.74, 6) is -0.312. The van der Waals surface area contributed by atoms with Crippen molar-refractivity contribution in [2.45, 2.75) is 0 Å². The molecule has 1 amide bonds. The first kappa shape index (κ1) is 14.5. The number of ether oxygens (including phenoxy) is 2. The quantitative estimate of drug-likeness (QED) is 0.804. The molecule has 0 saturated heterocycles. The van der Waals surface area contributed by atoms with Crippen LogP contribution in [0.2, 0.25) is 0 Å². The zero-order chi connectivity index (χ0) is 15.4. The molecule has 0 aromatic heterocycles. The number of hydrogen-bond acceptors (Lipinski definition) is 5. The first-order valence-corrected chi connectivity index (χ1v) is 6.11. The lowest BCUT2D eigenvalue weighted by Crippen LogP contribution is -2.13. The van der Waals surface area contributed by atoms with Gasteiger partial charge in [0.05, 0.1) is 19.9 Å². The third kappa shape index (κ3) is 3.00. The van der Waals surface area contributed by atoms with Gasteiger partial charge in [-0.1, -0.05) is 6.07 Å². The lowest BCUT2D eigenvalue weighted by molar-refractivity contribution is 0.102. The summed E-state index contributed by atoms with van der Waals surface area (Å²) in [6, 6.07) is 8.97. The maximum atomic E-state index is 12.2. The number of anilines is 1. The Morgan fingerprint density at radius 1 is 1.05 bits per heavy atom. The molecule has 0 aliphatic carbocycles. The van der Waals surface area contributed by atoms with E-state index in [4.69, 9.17) is 9.47 Å². The van der Waals surface area contributed by atoms with E-state index in [0.29, 0.717) is 17.2 Å². The van der Waals surface area contributed by atoms with E-state index in [2.05, 4.69) is 5.32 Å². The Labute approximate surface area is 121 Å². The Bertz CT molecular complexity index is 649. The molecule has 110 valence electrons. The Kier molecular flexibility index (Phi) is 4.18. The second kappa shape index (κ2) is 6.04. The molecule has 0 spiro atoms. The van der Waals surface area contributed by atoms with E-state index in [9.17, 15) is 15.0 Å². The number of methoxy groups -OCH3 is 2. The average Bonchev–Trinajstić information content (AvgIpc) is 2.47. The smallest absolute Gasteiger partial charge is 0.263 e. The number of rotatable bonds is 4. The van der Waals surface area contributed by atoms with Crippen molar-refractivity contribution in [1.29, 1.82) is 0 Å². The normalized spacial score (nSPS) is 10.0. The fourth-order valence-corrected chi connectivity index (χ4v) is 1.86. The number of phenolic OH excluding ortho intramolecular Hbond substituents is 2. The molecule has 3 N–H and O–H groups in total. The molecule has 6 nitrogen and oxygen atoms in total. The number of carbonyl (C=O) groups excluding carboxylic acids is 1. The minimum Gasteiger partial charge on any atom is -0.507 e. The van der Waals surface area contributed by atoms with Crippen molar-refractivity contribution in [2.75, 3.05) is 19.5 Å². The highest BCUT2D eigenvalue weighted by atomic mass is 16.5. The highest BCUT2D eigenvalue weighted by Crippen LogP contribution is 2.32. The lowest BCUT2D eigenvalue weighted by atomic mass is 10.1. The van der Waals surface area contributed by atoms with Gasteiger partial charge in [-0.05, 0) is 24.3 Å². The summed E-state index contributed by atoms with van der Waals surface area (Å²) in [5.41, 5.74) is 0.159. The summed E-state index contributed by atoms with van der Waals surface area (Å²) in [5, 5.41) is 22.0. The van der Waals surface area contributed by atoms with Gasteiger partial charge in [0.25, 0.3) is 5.91 Å². The number of nitrogens with one attached hydrogen (secondary N) is 1. The van der Waals surface area contributed by atoms with E-state index in [1.807, 2.05) is 0 Å². The largest absolute Gasteiger partial charge is 0.507 e. The van der Waals surface area contributed by atoms with Gasteiger partial charge in [0.2, 0.25) is 0 Å². The predicted octanol–water partition coefficient (Wildman–Crippen LogP) is 2.37. The van der Waals surface area contributed by atoms with Crippen LogP contribution < -0.4 is 14.8 Å². The number of carbonyl (C=O) groups is 1. The van der Waals surface area contributed by atoms with Crippen molar-refractivity contribution in [2.24, 2.45) is 0 Å². The van der Waals surface area contributed by atoms with E-state index in [0.717, 1.165) is 0 Å². The molecular weight excluding hydrogens is 274 g/mol. The van der Waals surface area contributed by atoms with Gasteiger partial charge in [0.1, 0.15) is 28.6 Å². The van der Waals surface area contributed by atoms with Crippen LogP contribution in [-0.2, 0) is 0 Å². The zero-order valence-corrected chi connectivity index (χ0v) is 11.6. The standard InChI is InChI=1S/C15H15NO5/c1-20-9-6-7-13(21-2)10(8-9)16-15(19)14-11(17)4-3-5-12(14)18/h3-8,17-18H,1-2H3,(H,16,19).